The number of hydrogen-bond acceptors (Lipinski definition) is 1. The minimum atomic E-state index is -2.38. The first-order chi connectivity index (χ1) is 4.64. The number of halogens is 3. The van der Waals surface area contributed by atoms with Crippen molar-refractivity contribution in [1.82, 2.24) is 3.53 Å². The first-order valence-electron chi connectivity index (χ1n) is 3.38. The van der Waals surface area contributed by atoms with Crippen molar-refractivity contribution < 1.29 is 8.78 Å². The largest absolute Gasteiger partial charge is 0.258 e. The van der Waals surface area contributed by atoms with Gasteiger partial charge in [-0.2, -0.15) is 0 Å². The van der Waals surface area contributed by atoms with Gasteiger partial charge in [0.05, 0.1) is 0 Å². The SMILES string of the molecule is FC1(F)CCC(NI)CC1. The zero-order valence-electron chi connectivity index (χ0n) is 5.54. The highest BCUT2D eigenvalue weighted by atomic mass is 127. The van der Waals surface area contributed by atoms with Crippen molar-refractivity contribution in [3.8, 4) is 0 Å². The van der Waals surface area contributed by atoms with Gasteiger partial charge in [-0.3, -0.25) is 3.53 Å². The van der Waals surface area contributed by atoms with E-state index in [2.05, 4.69) is 3.53 Å². The van der Waals surface area contributed by atoms with E-state index in [4.69, 9.17) is 0 Å². The number of rotatable bonds is 1. The molecule has 0 heterocycles. The fourth-order valence-corrected chi connectivity index (χ4v) is 1.77. The first kappa shape index (κ1) is 8.64. The second kappa shape index (κ2) is 3.30. The van der Waals surface area contributed by atoms with Gasteiger partial charge in [-0.15, -0.1) is 0 Å². The Kier molecular flexibility index (Phi) is 2.85. The van der Waals surface area contributed by atoms with Crippen LogP contribution in [0.25, 0.3) is 0 Å². The summed E-state index contributed by atoms with van der Waals surface area (Å²) in [6.07, 6.45) is 1.31. The van der Waals surface area contributed by atoms with Crippen molar-refractivity contribution in [3.63, 3.8) is 0 Å². The Balaban J connectivity index is 2.31. The van der Waals surface area contributed by atoms with Crippen molar-refractivity contribution in [2.75, 3.05) is 0 Å². The monoisotopic (exact) mass is 261 g/mol. The van der Waals surface area contributed by atoms with E-state index < -0.39 is 5.92 Å². The Morgan fingerprint density at radius 3 is 2.20 bits per heavy atom. The van der Waals surface area contributed by atoms with E-state index in [1.165, 1.54) is 0 Å². The van der Waals surface area contributed by atoms with Crippen molar-refractivity contribution in [2.45, 2.75) is 37.6 Å². The summed E-state index contributed by atoms with van der Waals surface area (Å²) in [5.41, 5.74) is 0. The zero-order chi connectivity index (χ0) is 7.61. The van der Waals surface area contributed by atoms with Crippen molar-refractivity contribution in [1.29, 1.82) is 0 Å². The van der Waals surface area contributed by atoms with Gasteiger partial charge in [0.15, 0.2) is 0 Å². The molecule has 0 radical (unpaired) electrons. The van der Waals surface area contributed by atoms with Gasteiger partial charge in [-0.1, -0.05) is 0 Å². The highest BCUT2D eigenvalue weighted by Crippen LogP contribution is 2.33. The van der Waals surface area contributed by atoms with Crippen LogP contribution >= 0.6 is 22.9 Å². The van der Waals surface area contributed by atoms with Crippen molar-refractivity contribution in [2.24, 2.45) is 0 Å². The van der Waals surface area contributed by atoms with Gasteiger partial charge in [0.1, 0.15) is 0 Å². The summed E-state index contributed by atoms with van der Waals surface area (Å²) in [6.45, 7) is 0. The fourth-order valence-electron chi connectivity index (χ4n) is 1.15. The van der Waals surface area contributed by atoms with Crippen LogP contribution in [0.3, 0.4) is 0 Å². The van der Waals surface area contributed by atoms with E-state index >= 15 is 0 Å². The van der Waals surface area contributed by atoms with E-state index in [1.54, 1.807) is 0 Å². The summed E-state index contributed by atoms with van der Waals surface area (Å²) in [4.78, 5) is 0. The van der Waals surface area contributed by atoms with Crippen LogP contribution in [0, 0.1) is 0 Å². The van der Waals surface area contributed by atoms with E-state index in [1.807, 2.05) is 22.9 Å². The number of alkyl halides is 2. The lowest BCUT2D eigenvalue weighted by atomic mass is 9.93. The van der Waals surface area contributed by atoms with Crippen LogP contribution < -0.4 is 3.53 Å². The summed E-state index contributed by atoms with van der Waals surface area (Å²) in [5.74, 6) is -2.38. The molecule has 0 unspecified atom stereocenters. The Morgan fingerprint density at radius 1 is 1.30 bits per heavy atom. The molecule has 4 heteroatoms. The molecule has 0 saturated heterocycles. The molecule has 0 bridgehead atoms. The maximum atomic E-state index is 12.5. The van der Waals surface area contributed by atoms with Gasteiger partial charge in [0, 0.05) is 41.7 Å². The van der Waals surface area contributed by atoms with Crippen LogP contribution in [0.4, 0.5) is 8.78 Å². The summed E-state index contributed by atoms with van der Waals surface area (Å²) in [6, 6.07) is 0.306. The smallest absolute Gasteiger partial charge is 0.248 e. The van der Waals surface area contributed by atoms with Gasteiger partial charge < -0.3 is 0 Å². The van der Waals surface area contributed by atoms with Crippen LogP contribution in [0.1, 0.15) is 25.7 Å². The van der Waals surface area contributed by atoms with Crippen LogP contribution in [-0.2, 0) is 0 Å². The average molecular weight is 261 g/mol. The molecule has 0 spiro atoms. The number of nitrogens with one attached hydrogen (secondary N) is 1. The van der Waals surface area contributed by atoms with E-state index in [-0.39, 0.29) is 12.8 Å². The predicted octanol–water partition coefficient (Wildman–Crippen LogP) is 2.50. The third kappa shape index (κ3) is 2.30. The normalized spacial score (nSPS) is 26.7. The molecule has 1 nitrogen and oxygen atoms in total. The van der Waals surface area contributed by atoms with Crippen LogP contribution in [0.15, 0.2) is 0 Å². The lowest BCUT2D eigenvalue weighted by Gasteiger charge is -2.26. The topological polar surface area (TPSA) is 12.0 Å². The highest BCUT2D eigenvalue weighted by molar-refractivity contribution is 14.1. The zero-order valence-corrected chi connectivity index (χ0v) is 7.70. The molecule has 0 aromatic heterocycles. The molecule has 1 aliphatic rings. The molecule has 1 fully saturated rings. The second-order valence-electron chi connectivity index (χ2n) is 2.74. The molecule has 1 aliphatic carbocycles. The Bertz CT molecular complexity index is 108. The predicted molar refractivity (Wildman–Crippen MR) is 44.4 cm³/mol. The molecule has 0 amide bonds. The third-order valence-electron chi connectivity index (χ3n) is 1.87. The average Bonchev–Trinajstić information content (AvgIpc) is 1.88. The molecular weight excluding hydrogens is 251 g/mol. The fraction of sp³-hybridized carbons (Fsp3) is 1.00. The molecule has 0 aromatic carbocycles. The quantitative estimate of drug-likeness (QED) is 0.565. The van der Waals surface area contributed by atoms with Gasteiger partial charge >= 0.3 is 0 Å². The summed E-state index contributed by atoms with van der Waals surface area (Å²) in [5, 5.41) is 0. The standard InChI is InChI=1S/C6H10F2IN/c7-6(8)3-1-5(10-9)2-4-6/h5,10H,1-4H2. The lowest BCUT2D eigenvalue weighted by molar-refractivity contribution is -0.0382. The van der Waals surface area contributed by atoms with Crippen LogP contribution in [0.5, 0.6) is 0 Å². The van der Waals surface area contributed by atoms with Crippen LogP contribution in [-0.4, -0.2) is 12.0 Å². The molecule has 0 aromatic rings. The van der Waals surface area contributed by atoms with Gasteiger partial charge in [0.25, 0.3) is 0 Å². The van der Waals surface area contributed by atoms with E-state index in [9.17, 15) is 8.78 Å². The molecular formula is C6H10F2IN. The molecule has 1 saturated carbocycles. The minimum absolute atomic E-state index is 0.0493. The molecule has 1 rings (SSSR count). The van der Waals surface area contributed by atoms with Crippen molar-refractivity contribution in [3.05, 3.63) is 0 Å². The summed E-state index contributed by atoms with van der Waals surface area (Å²) < 4.78 is 27.9. The summed E-state index contributed by atoms with van der Waals surface area (Å²) in [7, 11) is 0. The Morgan fingerprint density at radius 2 is 1.80 bits per heavy atom. The third-order valence-corrected chi connectivity index (χ3v) is 2.75. The van der Waals surface area contributed by atoms with Gasteiger partial charge in [-0.25, -0.2) is 8.78 Å². The molecule has 0 atom stereocenters. The van der Waals surface area contributed by atoms with E-state index in [0.29, 0.717) is 18.9 Å². The highest BCUT2D eigenvalue weighted by Gasteiger charge is 2.34. The first-order valence-corrected chi connectivity index (χ1v) is 4.46. The minimum Gasteiger partial charge on any atom is -0.258 e. The second-order valence-corrected chi connectivity index (χ2v) is 3.36. The lowest BCUT2D eigenvalue weighted by Crippen LogP contribution is -2.32. The Labute approximate surface area is 73.1 Å². The number of hydrogen-bond donors (Lipinski definition) is 1. The molecule has 0 aliphatic heterocycles. The van der Waals surface area contributed by atoms with Gasteiger partial charge in [0.2, 0.25) is 5.92 Å². The van der Waals surface area contributed by atoms with E-state index in [0.717, 1.165) is 0 Å². The Hall–Kier alpha value is 0.550. The molecule has 10 heavy (non-hydrogen) atoms. The van der Waals surface area contributed by atoms with Crippen molar-refractivity contribution >= 4 is 22.9 Å². The van der Waals surface area contributed by atoms with Crippen LogP contribution in [0.2, 0.25) is 0 Å². The molecule has 60 valence electrons. The maximum absolute atomic E-state index is 12.5. The van der Waals surface area contributed by atoms with Gasteiger partial charge in [-0.05, 0) is 12.8 Å². The molecule has 1 N–H and O–H groups in total. The summed E-state index contributed by atoms with van der Waals surface area (Å²) >= 11 is 2.02. The maximum Gasteiger partial charge on any atom is 0.248 e.